The fraction of sp³-hybridized carbons (Fsp3) is 0.800. The van der Waals surface area contributed by atoms with Crippen LogP contribution in [0.2, 0.25) is 0 Å². The summed E-state index contributed by atoms with van der Waals surface area (Å²) < 4.78 is 27.0. The van der Waals surface area contributed by atoms with Gasteiger partial charge in [0.1, 0.15) is 18.3 Å². The Bertz CT molecular complexity index is 310. The van der Waals surface area contributed by atoms with E-state index < -0.39 is 13.7 Å². The normalized spacial score (nSPS) is 30.6. The molecule has 1 heterocycles. The fourth-order valence-electron chi connectivity index (χ4n) is 1.65. The zero-order valence-corrected chi connectivity index (χ0v) is 11.0. The monoisotopic (exact) mass is 266 g/mol. The maximum absolute atomic E-state index is 10.7. The quantitative estimate of drug-likeness (QED) is 0.719. The van der Waals surface area contributed by atoms with Crippen LogP contribution >= 0.6 is 7.60 Å². The number of hydrogen-bond acceptors (Lipinski definition) is 4. The maximum Gasteiger partial charge on any atom is 0.348 e. The van der Waals surface area contributed by atoms with Crippen LogP contribution in [0, 0.1) is 0 Å². The predicted molar refractivity (Wildman–Crippen MR) is 61.7 cm³/mol. The van der Waals surface area contributed by atoms with Gasteiger partial charge in [0.25, 0.3) is 0 Å². The molecule has 6 nitrogen and oxygen atoms in total. The third kappa shape index (κ3) is 4.87. The van der Waals surface area contributed by atoms with Gasteiger partial charge >= 0.3 is 7.60 Å². The van der Waals surface area contributed by atoms with Crippen molar-refractivity contribution in [3.63, 3.8) is 0 Å². The van der Waals surface area contributed by atoms with Crippen molar-refractivity contribution in [3.8, 4) is 0 Å². The first kappa shape index (κ1) is 14.8. The number of methoxy groups -OCH3 is 1. The van der Waals surface area contributed by atoms with E-state index in [1.165, 1.54) is 6.08 Å². The lowest BCUT2D eigenvalue weighted by atomic mass is 10.1. The summed E-state index contributed by atoms with van der Waals surface area (Å²) in [6, 6.07) is 0. The predicted octanol–water partition coefficient (Wildman–Crippen LogP) is 0.885. The average molecular weight is 266 g/mol. The molecule has 1 saturated heterocycles. The highest BCUT2D eigenvalue weighted by Crippen LogP contribution is 2.37. The van der Waals surface area contributed by atoms with Gasteiger partial charge < -0.3 is 24.0 Å². The molecular weight excluding hydrogens is 247 g/mol. The summed E-state index contributed by atoms with van der Waals surface area (Å²) in [6.07, 6.45) is 0.277. The lowest BCUT2D eigenvalue weighted by molar-refractivity contribution is -0.0659. The molecule has 0 bridgehead atoms. The first-order chi connectivity index (χ1) is 7.83. The van der Waals surface area contributed by atoms with Crippen molar-refractivity contribution in [1.82, 2.24) is 0 Å². The molecule has 1 aliphatic heterocycles. The molecule has 1 aliphatic rings. The molecule has 0 unspecified atom stereocenters. The lowest BCUT2D eigenvalue weighted by Gasteiger charge is -2.23. The Balaban J connectivity index is 2.70. The summed E-state index contributed by atoms with van der Waals surface area (Å²) in [7, 11) is -2.61. The van der Waals surface area contributed by atoms with Gasteiger partial charge in [-0.25, -0.2) is 0 Å². The summed E-state index contributed by atoms with van der Waals surface area (Å²) in [5.41, 5.74) is 0. The Morgan fingerprint density at radius 3 is 2.59 bits per heavy atom. The van der Waals surface area contributed by atoms with E-state index in [9.17, 15) is 4.57 Å². The van der Waals surface area contributed by atoms with Crippen molar-refractivity contribution in [2.75, 3.05) is 13.7 Å². The standard InChI is InChI=1S/C10H19O6P/c1-7(2)16-10-8(4-5-17(11,12)13)15-6-9(10)14-3/h4-5,7-10H,6H2,1-3H3,(H2,11,12,13)/b5-4+/t8-,9+,10-/m1/s1. The molecule has 0 aromatic rings. The van der Waals surface area contributed by atoms with Gasteiger partial charge in [-0.05, 0) is 19.9 Å². The van der Waals surface area contributed by atoms with Crippen LogP contribution in [0.5, 0.6) is 0 Å². The van der Waals surface area contributed by atoms with E-state index in [0.717, 1.165) is 5.82 Å². The minimum atomic E-state index is -4.16. The molecule has 0 radical (unpaired) electrons. The van der Waals surface area contributed by atoms with Crippen LogP contribution in [0.25, 0.3) is 0 Å². The number of rotatable bonds is 5. The van der Waals surface area contributed by atoms with Crippen LogP contribution in [0.15, 0.2) is 11.9 Å². The van der Waals surface area contributed by atoms with Crippen molar-refractivity contribution in [2.45, 2.75) is 38.3 Å². The summed E-state index contributed by atoms with van der Waals surface area (Å²) in [5.74, 6) is 0.840. The molecular formula is C10H19O6P. The third-order valence-electron chi connectivity index (χ3n) is 2.35. The van der Waals surface area contributed by atoms with Crippen molar-refractivity contribution in [2.24, 2.45) is 0 Å². The van der Waals surface area contributed by atoms with E-state index in [2.05, 4.69) is 0 Å². The van der Waals surface area contributed by atoms with Crippen LogP contribution in [0.1, 0.15) is 13.8 Å². The first-order valence-electron chi connectivity index (χ1n) is 5.38. The van der Waals surface area contributed by atoms with Gasteiger partial charge in [0.2, 0.25) is 0 Å². The summed E-state index contributed by atoms with van der Waals surface area (Å²) in [6.45, 7) is 4.12. The third-order valence-corrected chi connectivity index (χ3v) is 2.91. The van der Waals surface area contributed by atoms with E-state index in [4.69, 9.17) is 24.0 Å². The second-order valence-corrected chi connectivity index (χ2v) is 5.63. The molecule has 7 heteroatoms. The van der Waals surface area contributed by atoms with Crippen LogP contribution in [-0.4, -0.2) is 47.9 Å². The van der Waals surface area contributed by atoms with Gasteiger partial charge in [-0.15, -0.1) is 0 Å². The van der Waals surface area contributed by atoms with Gasteiger partial charge in [-0.3, -0.25) is 4.57 Å². The zero-order valence-electron chi connectivity index (χ0n) is 10.1. The first-order valence-corrected chi connectivity index (χ1v) is 7.06. The molecule has 17 heavy (non-hydrogen) atoms. The molecule has 0 spiro atoms. The Labute approximate surface area is 101 Å². The zero-order chi connectivity index (χ0) is 13.1. The van der Waals surface area contributed by atoms with E-state index in [-0.39, 0.29) is 18.3 Å². The van der Waals surface area contributed by atoms with Crippen molar-refractivity contribution >= 4 is 7.60 Å². The highest BCUT2D eigenvalue weighted by atomic mass is 31.2. The average Bonchev–Trinajstić information content (AvgIpc) is 2.55. The fourth-order valence-corrected chi connectivity index (χ4v) is 2.04. The van der Waals surface area contributed by atoms with Crippen molar-refractivity contribution in [1.29, 1.82) is 0 Å². The molecule has 1 rings (SSSR count). The topological polar surface area (TPSA) is 85.2 Å². The minimum Gasteiger partial charge on any atom is -0.376 e. The van der Waals surface area contributed by atoms with Gasteiger partial charge in [-0.2, -0.15) is 0 Å². The Morgan fingerprint density at radius 1 is 1.47 bits per heavy atom. The molecule has 0 aromatic heterocycles. The number of hydrogen-bond donors (Lipinski definition) is 2. The molecule has 2 N–H and O–H groups in total. The van der Waals surface area contributed by atoms with E-state index >= 15 is 0 Å². The van der Waals surface area contributed by atoms with Gasteiger partial charge in [0, 0.05) is 12.9 Å². The number of ether oxygens (including phenoxy) is 3. The van der Waals surface area contributed by atoms with Crippen molar-refractivity contribution < 1.29 is 28.6 Å². The van der Waals surface area contributed by atoms with Crippen LogP contribution in [0.3, 0.4) is 0 Å². The van der Waals surface area contributed by atoms with E-state index in [1.54, 1.807) is 7.11 Å². The van der Waals surface area contributed by atoms with Gasteiger partial charge in [0.05, 0.1) is 12.7 Å². The Hall–Kier alpha value is -0.230. The maximum atomic E-state index is 10.7. The lowest BCUT2D eigenvalue weighted by Crippen LogP contribution is -2.35. The van der Waals surface area contributed by atoms with Gasteiger partial charge in [0.15, 0.2) is 0 Å². The molecule has 0 amide bonds. The molecule has 0 aromatic carbocycles. The molecule has 3 atom stereocenters. The van der Waals surface area contributed by atoms with Crippen LogP contribution in [-0.2, 0) is 18.8 Å². The SMILES string of the molecule is CO[C@H]1CO[C@H](/C=C/P(=O)(O)O)[C@H]1OC(C)C. The second-order valence-electron chi connectivity index (χ2n) is 4.15. The summed E-state index contributed by atoms with van der Waals surface area (Å²) in [4.78, 5) is 17.5. The molecule has 0 aliphatic carbocycles. The van der Waals surface area contributed by atoms with E-state index in [1.807, 2.05) is 13.8 Å². The highest BCUT2D eigenvalue weighted by molar-refractivity contribution is 7.55. The van der Waals surface area contributed by atoms with E-state index in [0.29, 0.717) is 6.61 Å². The molecule has 1 fully saturated rings. The van der Waals surface area contributed by atoms with Gasteiger partial charge in [-0.1, -0.05) is 0 Å². The summed E-state index contributed by atoms with van der Waals surface area (Å²) in [5, 5.41) is 0. The second kappa shape index (κ2) is 6.09. The highest BCUT2D eigenvalue weighted by Gasteiger charge is 2.37. The van der Waals surface area contributed by atoms with Crippen LogP contribution in [0.4, 0.5) is 0 Å². The Kier molecular flexibility index (Phi) is 5.31. The summed E-state index contributed by atoms with van der Waals surface area (Å²) >= 11 is 0. The smallest absolute Gasteiger partial charge is 0.348 e. The van der Waals surface area contributed by atoms with Crippen molar-refractivity contribution in [3.05, 3.63) is 11.9 Å². The largest absolute Gasteiger partial charge is 0.376 e. The Morgan fingerprint density at radius 2 is 2.12 bits per heavy atom. The molecule has 100 valence electrons. The molecule has 0 saturated carbocycles. The van der Waals surface area contributed by atoms with Crippen LogP contribution < -0.4 is 0 Å². The minimum absolute atomic E-state index is 0.00897.